The third kappa shape index (κ3) is 4.26. The molecule has 0 aliphatic heterocycles. The molecule has 1 N–H and O–H groups in total. The minimum atomic E-state index is -4.21. The monoisotopic (exact) mass is 216 g/mol. The summed E-state index contributed by atoms with van der Waals surface area (Å²) in [5.74, 6) is 0.0262. The van der Waals surface area contributed by atoms with Gasteiger partial charge in [0.15, 0.2) is 0 Å². The van der Waals surface area contributed by atoms with Gasteiger partial charge in [-0.1, -0.05) is 0 Å². The summed E-state index contributed by atoms with van der Waals surface area (Å²) in [7, 11) is 0. The third-order valence-electron chi connectivity index (χ3n) is 1.46. The molecular formula is C8H7F3N4. The van der Waals surface area contributed by atoms with Crippen LogP contribution in [0.15, 0.2) is 12.3 Å². The summed E-state index contributed by atoms with van der Waals surface area (Å²) < 4.78 is 35.3. The van der Waals surface area contributed by atoms with E-state index in [1.54, 1.807) is 6.07 Å². The average Bonchev–Trinajstić information content (AvgIpc) is 2.16. The number of nitrogens with zero attached hydrogens (tertiary/aromatic N) is 3. The fourth-order valence-electron chi connectivity index (χ4n) is 0.822. The molecule has 1 aromatic heterocycles. The van der Waals surface area contributed by atoms with E-state index in [1.165, 1.54) is 12.3 Å². The molecule has 0 atom stereocenters. The second kappa shape index (κ2) is 4.59. The minimum absolute atomic E-state index is 0.0262. The molecule has 0 aliphatic rings. The smallest absolute Gasteiger partial charge is 0.354 e. The first-order chi connectivity index (χ1) is 7.01. The quantitative estimate of drug-likeness (QED) is 0.835. The predicted molar refractivity (Wildman–Crippen MR) is 45.9 cm³/mol. The topological polar surface area (TPSA) is 61.6 Å². The van der Waals surface area contributed by atoms with Crippen molar-refractivity contribution in [2.75, 3.05) is 11.9 Å². The van der Waals surface area contributed by atoms with Crippen molar-refractivity contribution in [1.82, 2.24) is 9.97 Å². The lowest BCUT2D eigenvalue weighted by Gasteiger charge is -2.07. The highest BCUT2D eigenvalue weighted by molar-refractivity contribution is 5.29. The predicted octanol–water partition coefficient (Wildman–Crippen LogP) is 1.71. The van der Waals surface area contributed by atoms with Crippen molar-refractivity contribution in [3.05, 3.63) is 18.0 Å². The normalized spacial score (nSPS) is 10.8. The highest BCUT2D eigenvalue weighted by Gasteiger charge is 2.26. The van der Waals surface area contributed by atoms with Crippen molar-refractivity contribution < 1.29 is 13.2 Å². The average molecular weight is 216 g/mol. The summed E-state index contributed by atoms with van der Waals surface area (Å²) in [5.41, 5.74) is 0.111. The van der Waals surface area contributed by atoms with E-state index in [9.17, 15) is 13.2 Å². The number of halogens is 3. The largest absolute Gasteiger partial charge is 0.390 e. The molecule has 0 unspecified atom stereocenters. The van der Waals surface area contributed by atoms with Crippen LogP contribution in [0.3, 0.4) is 0 Å². The van der Waals surface area contributed by atoms with Gasteiger partial charge in [-0.05, 0) is 6.07 Å². The van der Waals surface area contributed by atoms with E-state index in [-0.39, 0.29) is 18.2 Å². The van der Waals surface area contributed by atoms with E-state index >= 15 is 0 Å². The van der Waals surface area contributed by atoms with Crippen LogP contribution >= 0.6 is 0 Å². The minimum Gasteiger partial charge on any atom is -0.354 e. The van der Waals surface area contributed by atoms with Crippen molar-refractivity contribution in [3.63, 3.8) is 0 Å². The molecule has 1 rings (SSSR count). The summed E-state index contributed by atoms with van der Waals surface area (Å²) in [5, 5.41) is 10.9. The Labute approximate surface area is 83.8 Å². The lowest BCUT2D eigenvalue weighted by Crippen LogP contribution is -2.15. The number of rotatable bonds is 3. The maximum Gasteiger partial charge on any atom is 0.390 e. The number of hydrogen-bond acceptors (Lipinski definition) is 4. The van der Waals surface area contributed by atoms with Crippen LogP contribution in [0.4, 0.5) is 19.1 Å². The fourth-order valence-corrected chi connectivity index (χ4v) is 0.822. The van der Waals surface area contributed by atoms with Crippen LogP contribution in [0, 0.1) is 11.3 Å². The molecule has 0 bridgehead atoms. The molecule has 0 saturated heterocycles. The van der Waals surface area contributed by atoms with Gasteiger partial charge in [-0.2, -0.15) is 18.4 Å². The Morgan fingerprint density at radius 1 is 1.47 bits per heavy atom. The van der Waals surface area contributed by atoms with Crippen LogP contribution < -0.4 is 5.32 Å². The number of nitriles is 1. The van der Waals surface area contributed by atoms with Crippen LogP contribution in [-0.4, -0.2) is 22.7 Å². The lowest BCUT2D eigenvalue weighted by atomic mass is 10.4. The molecule has 0 spiro atoms. The molecule has 0 fully saturated rings. The second-order valence-corrected chi connectivity index (χ2v) is 2.67. The molecule has 0 radical (unpaired) electrons. The molecule has 0 aromatic carbocycles. The number of anilines is 1. The third-order valence-corrected chi connectivity index (χ3v) is 1.46. The summed E-state index contributed by atoms with van der Waals surface area (Å²) in [6.45, 7) is -0.307. The number of alkyl halides is 3. The Bertz CT molecular complexity index is 369. The molecule has 0 amide bonds. The standard InChI is InChI=1S/C8H7F3N4/c9-8(10,11)2-4-14-7-13-3-1-6(5-12)15-7/h1,3H,2,4H2,(H,13,14,15). The molecule has 80 valence electrons. The molecule has 7 heteroatoms. The Kier molecular flexibility index (Phi) is 3.44. The van der Waals surface area contributed by atoms with Gasteiger partial charge < -0.3 is 5.32 Å². The number of nitrogens with one attached hydrogen (secondary N) is 1. The molecule has 1 heterocycles. The zero-order valence-corrected chi connectivity index (χ0v) is 7.54. The first-order valence-electron chi connectivity index (χ1n) is 4.05. The molecule has 0 aliphatic carbocycles. The number of hydrogen-bond donors (Lipinski definition) is 1. The van der Waals surface area contributed by atoms with Crippen LogP contribution in [0.2, 0.25) is 0 Å². The van der Waals surface area contributed by atoms with Gasteiger partial charge in [-0.25, -0.2) is 9.97 Å². The zero-order chi connectivity index (χ0) is 11.3. The summed E-state index contributed by atoms with van der Waals surface area (Å²) in [6.07, 6.45) is -3.87. The van der Waals surface area contributed by atoms with E-state index < -0.39 is 12.6 Å². The Morgan fingerprint density at radius 2 is 2.20 bits per heavy atom. The van der Waals surface area contributed by atoms with Crippen molar-refractivity contribution in [2.45, 2.75) is 12.6 Å². The summed E-state index contributed by atoms with van der Waals surface area (Å²) in [6, 6.07) is 3.13. The molecule has 15 heavy (non-hydrogen) atoms. The van der Waals surface area contributed by atoms with E-state index in [1.807, 2.05) is 0 Å². The highest BCUT2D eigenvalue weighted by Crippen LogP contribution is 2.18. The van der Waals surface area contributed by atoms with Crippen molar-refractivity contribution in [3.8, 4) is 6.07 Å². The maximum absolute atomic E-state index is 11.8. The Morgan fingerprint density at radius 3 is 2.80 bits per heavy atom. The molecule has 1 aromatic rings. The zero-order valence-electron chi connectivity index (χ0n) is 7.54. The number of aromatic nitrogens is 2. The summed E-state index contributed by atoms with van der Waals surface area (Å²) >= 11 is 0. The fraction of sp³-hybridized carbons (Fsp3) is 0.375. The van der Waals surface area contributed by atoms with Crippen molar-refractivity contribution in [1.29, 1.82) is 5.26 Å². The first-order valence-corrected chi connectivity index (χ1v) is 4.05. The van der Waals surface area contributed by atoms with Crippen LogP contribution in [0.1, 0.15) is 12.1 Å². The maximum atomic E-state index is 11.8. The second-order valence-electron chi connectivity index (χ2n) is 2.67. The van der Waals surface area contributed by atoms with Crippen molar-refractivity contribution in [2.24, 2.45) is 0 Å². The lowest BCUT2D eigenvalue weighted by molar-refractivity contribution is -0.131. The Hall–Kier alpha value is -1.84. The molecule has 4 nitrogen and oxygen atoms in total. The van der Waals surface area contributed by atoms with Gasteiger partial charge in [-0.3, -0.25) is 0 Å². The van der Waals surface area contributed by atoms with Gasteiger partial charge in [0.1, 0.15) is 11.8 Å². The van der Waals surface area contributed by atoms with Crippen molar-refractivity contribution >= 4 is 5.95 Å². The van der Waals surface area contributed by atoms with E-state index in [0.717, 1.165) is 0 Å². The van der Waals surface area contributed by atoms with E-state index in [0.29, 0.717) is 0 Å². The van der Waals surface area contributed by atoms with Gasteiger partial charge in [0.2, 0.25) is 5.95 Å². The van der Waals surface area contributed by atoms with Gasteiger partial charge in [-0.15, -0.1) is 0 Å². The van der Waals surface area contributed by atoms with Gasteiger partial charge >= 0.3 is 6.18 Å². The van der Waals surface area contributed by atoms with Crippen LogP contribution in [0.5, 0.6) is 0 Å². The van der Waals surface area contributed by atoms with E-state index in [4.69, 9.17) is 5.26 Å². The summed E-state index contributed by atoms with van der Waals surface area (Å²) in [4.78, 5) is 7.33. The van der Waals surface area contributed by atoms with Gasteiger partial charge in [0, 0.05) is 12.7 Å². The molecular weight excluding hydrogens is 209 g/mol. The SMILES string of the molecule is N#Cc1ccnc(NCCC(F)(F)F)n1. The van der Waals surface area contributed by atoms with E-state index in [2.05, 4.69) is 15.3 Å². The first kappa shape index (κ1) is 11.2. The van der Waals surface area contributed by atoms with Crippen LogP contribution in [0.25, 0.3) is 0 Å². The van der Waals surface area contributed by atoms with Crippen LogP contribution in [-0.2, 0) is 0 Å². The highest BCUT2D eigenvalue weighted by atomic mass is 19.4. The molecule has 0 saturated carbocycles. The van der Waals surface area contributed by atoms with Gasteiger partial charge in [0.25, 0.3) is 0 Å². The Balaban J connectivity index is 2.48. The van der Waals surface area contributed by atoms with Gasteiger partial charge in [0.05, 0.1) is 6.42 Å².